The van der Waals surface area contributed by atoms with Gasteiger partial charge in [-0.05, 0) is 26.8 Å². The van der Waals surface area contributed by atoms with Gasteiger partial charge in [0, 0.05) is 5.56 Å². The Bertz CT molecular complexity index is 542. The summed E-state index contributed by atoms with van der Waals surface area (Å²) in [7, 11) is 0. The van der Waals surface area contributed by atoms with Gasteiger partial charge in [0.2, 0.25) is 0 Å². The molecule has 0 saturated heterocycles. The standard InChI is InChI=1S/C14H17ClFNO4/c1-14(2,3)21-13(20)17-10(7-11(18)19)8-5-4-6-9(15)12(8)16/h4-6,10H,7H2,1-3H3,(H,17,20)(H,18,19). The van der Waals surface area contributed by atoms with Gasteiger partial charge in [-0.3, -0.25) is 4.79 Å². The molecule has 0 aliphatic rings. The van der Waals surface area contributed by atoms with Crippen LogP contribution in [-0.4, -0.2) is 22.8 Å². The van der Waals surface area contributed by atoms with Crippen molar-refractivity contribution in [1.29, 1.82) is 0 Å². The van der Waals surface area contributed by atoms with E-state index >= 15 is 0 Å². The molecule has 1 atom stereocenters. The van der Waals surface area contributed by atoms with Gasteiger partial charge in [0.25, 0.3) is 0 Å². The Balaban J connectivity index is 2.98. The van der Waals surface area contributed by atoms with Crippen LogP contribution in [0.3, 0.4) is 0 Å². The van der Waals surface area contributed by atoms with E-state index in [1.54, 1.807) is 20.8 Å². The summed E-state index contributed by atoms with van der Waals surface area (Å²) in [5.74, 6) is -1.95. The Morgan fingerprint density at radius 3 is 2.57 bits per heavy atom. The van der Waals surface area contributed by atoms with E-state index in [0.717, 1.165) is 0 Å². The lowest BCUT2D eigenvalue weighted by molar-refractivity contribution is -0.137. The summed E-state index contributed by atoms with van der Waals surface area (Å²) in [6.45, 7) is 5.00. The van der Waals surface area contributed by atoms with Crippen LogP contribution in [-0.2, 0) is 9.53 Å². The van der Waals surface area contributed by atoms with E-state index in [1.165, 1.54) is 18.2 Å². The molecule has 0 aliphatic carbocycles. The molecule has 21 heavy (non-hydrogen) atoms. The summed E-state index contributed by atoms with van der Waals surface area (Å²) in [5.41, 5.74) is -0.749. The first-order chi connectivity index (χ1) is 9.60. The van der Waals surface area contributed by atoms with Gasteiger partial charge in [-0.25, -0.2) is 9.18 Å². The summed E-state index contributed by atoms with van der Waals surface area (Å²) in [5, 5.41) is 11.1. The van der Waals surface area contributed by atoms with Crippen LogP contribution >= 0.6 is 11.6 Å². The van der Waals surface area contributed by atoms with Crippen LogP contribution in [0.5, 0.6) is 0 Å². The van der Waals surface area contributed by atoms with Crippen LogP contribution in [0.25, 0.3) is 0 Å². The van der Waals surface area contributed by atoms with Gasteiger partial charge in [0.1, 0.15) is 11.4 Å². The molecule has 0 heterocycles. The number of alkyl carbamates (subject to hydrolysis) is 1. The van der Waals surface area contributed by atoms with Gasteiger partial charge >= 0.3 is 12.1 Å². The molecule has 1 unspecified atom stereocenters. The second-order valence-corrected chi connectivity index (χ2v) is 5.85. The van der Waals surface area contributed by atoms with Crippen molar-refractivity contribution in [2.75, 3.05) is 0 Å². The van der Waals surface area contributed by atoms with E-state index in [4.69, 9.17) is 21.4 Å². The van der Waals surface area contributed by atoms with E-state index < -0.39 is 35.9 Å². The lowest BCUT2D eigenvalue weighted by Crippen LogP contribution is -2.36. The maximum atomic E-state index is 14.0. The fourth-order valence-corrected chi connectivity index (χ4v) is 1.83. The van der Waals surface area contributed by atoms with Gasteiger partial charge < -0.3 is 15.2 Å². The number of carboxylic acid groups (broad SMARTS) is 1. The highest BCUT2D eigenvalue weighted by atomic mass is 35.5. The number of hydrogen-bond donors (Lipinski definition) is 2. The van der Waals surface area contributed by atoms with Crippen LogP contribution < -0.4 is 5.32 Å². The highest BCUT2D eigenvalue weighted by molar-refractivity contribution is 6.30. The molecule has 5 nitrogen and oxygen atoms in total. The molecule has 1 amide bonds. The molecule has 0 saturated carbocycles. The molecule has 0 fully saturated rings. The summed E-state index contributed by atoms with van der Waals surface area (Å²) in [6, 6.07) is 3.11. The van der Waals surface area contributed by atoms with Crippen LogP contribution in [0.4, 0.5) is 9.18 Å². The number of carbonyl (C=O) groups is 2. The smallest absolute Gasteiger partial charge is 0.408 e. The number of hydrogen-bond acceptors (Lipinski definition) is 3. The third kappa shape index (κ3) is 5.59. The second kappa shape index (κ2) is 6.76. The SMILES string of the molecule is CC(C)(C)OC(=O)NC(CC(=O)O)c1cccc(Cl)c1F. The van der Waals surface area contributed by atoms with Gasteiger partial charge in [-0.15, -0.1) is 0 Å². The number of nitrogens with one attached hydrogen (secondary N) is 1. The maximum absolute atomic E-state index is 14.0. The Labute approximate surface area is 127 Å². The predicted octanol–water partition coefficient (Wildman–Crippen LogP) is 3.52. The summed E-state index contributed by atoms with van der Waals surface area (Å²) in [4.78, 5) is 22.6. The fraction of sp³-hybridized carbons (Fsp3) is 0.429. The lowest BCUT2D eigenvalue weighted by atomic mass is 10.0. The van der Waals surface area contributed by atoms with Gasteiger partial charge in [-0.1, -0.05) is 23.7 Å². The molecular formula is C14H17ClFNO4. The Hall–Kier alpha value is -1.82. The third-order valence-corrected chi connectivity index (χ3v) is 2.72. The number of benzene rings is 1. The highest BCUT2D eigenvalue weighted by Gasteiger charge is 2.25. The topological polar surface area (TPSA) is 75.6 Å². The zero-order chi connectivity index (χ0) is 16.2. The summed E-state index contributed by atoms with van der Waals surface area (Å²) in [6.07, 6.45) is -1.32. The average Bonchev–Trinajstić information content (AvgIpc) is 2.28. The van der Waals surface area contributed by atoms with Crippen molar-refractivity contribution >= 4 is 23.7 Å². The van der Waals surface area contributed by atoms with E-state index in [-0.39, 0.29) is 10.6 Å². The Kier molecular flexibility index (Phi) is 5.54. The molecule has 1 rings (SSSR count). The van der Waals surface area contributed by atoms with E-state index in [1.807, 2.05) is 0 Å². The van der Waals surface area contributed by atoms with Crippen molar-refractivity contribution in [3.8, 4) is 0 Å². The first-order valence-electron chi connectivity index (χ1n) is 6.25. The molecule has 0 spiro atoms. The molecule has 0 radical (unpaired) electrons. The predicted molar refractivity (Wildman–Crippen MR) is 75.8 cm³/mol. The van der Waals surface area contributed by atoms with Crippen molar-refractivity contribution in [2.45, 2.75) is 38.8 Å². The lowest BCUT2D eigenvalue weighted by Gasteiger charge is -2.23. The minimum atomic E-state index is -1.18. The molecule has 0 bridgehead atoms. The van der Waals surface area contributed by atoms with Crippen molar-refractivity contribution in [3.05, 3.63) is 34.6 Å². The largest absolute Gasteiger partial charge is 0.481 e. The van der Waals surface area contributed by atoms with Gasteiger partial charge in [-0.2, -0.15) is 0 Å². The number of carboxylic acids is 1. The van der Waals surface area contributed by atoms with Gasteiger partial charge in [0.15, 0.2) is 0 Å². The van der Waals surface area contributed by atoms with E-state index in [9.17, 15) is 14.0 Å². The number of halogens is 2. The number of rotatable bonds is 4. The second-order valence-electron chi connectivity index (χ2n) is 5.44. The molecule has 0 aliphatic heterocycles. The quantitative estimate of drug-likeness (QED) is 0.891. The Morgan fingerprint density at radius 2 is 2.05 bits per heavy atom. The molecule has 2 N–H and O–H groups in total. The van der Waals surface area contributed by atoms with Crippen molar-refractivity contribution in [1.82, 2.24) is 5.32 Å². The normalized spacial score (nSPS) is 12.6. The monoisotopic (exact) mass is 317 g/mol. The minimum absolute atomic E-state index is 0.00393. The summed E-state index contributed by atoms with van der Waals surface area (Å²) >= 11 is 5.67. The summed E-state index contributed by atoms with van der Waals surface area (Å²) < 4.78 is 19.0. The molecule has 116 valence electrons. The van der Waals surface area contributed by atoms with Crippen molar-refractivity contribution < 1.29 is 23.8 Å². The van der Waals surface area contributed by atoms with Crippen molar-refractivity contribution in [2.24, 2.45) is 0 Å². The van der Waals surface area contributed by atoms with Crippen molar-refractivity contribution in [3.63, 3.8) is 0 Å². The third-order valence-electron chi connectivity index (χ3n) is 2.43. The number of amides is 1. The molecule has 0 aromatic heterocycles. The molecule has 1 aromatic carbocycles. The molecule has 1 aromatic rings. The number of carbonyl (C=O) groups excluding carboxylic acids is 1. The molecule has 7 heteroatoms. The Morgan fingerprint density at radius 1 is 1.43 bits per heavy atom. The van der Waals surface area contributed by atoms with Crippen LogP contribution in [0.15, 0.2) is 18.2 Å². The number of ether oxygens (including phenoxy) is 1. The minimum Gasteiger partial charge on any atom is -0.481 e. The zero-order valence-electron chi connectivity index (χ0n) is 11.9. The zero-order valence-corrected chi connectivity index (χ0v) is 12.7. The maximum Gasteiger partial charge on any atom is 0.408 e. The fourth-order valence-electron chi connectivity index (χ4n) is 1.65. The van der Waals surface area contributed by atoms with E-state index in [2.05, 4.69) is 5.32 Å². The van der Waals surface area contributed by atoms with Crippen LogP contribution in [0.2, 0.25) is 5.02 Å². The first kappa shape index (κ1) is 17.2. The van der Waals surface area contributed by atoms with E-state index in [0.29, 0.717) is 0 Å². The average molecular weight is 318 g/mol. The van der Waals surface area contributed by atoms with Crippen LogP contribution in [0, 0.1) is 5.82 Å². The van der Waals surface area contributed by atoms with Crippen LogP contribution in [0.1, 0.15) is 38.8 Å². The highest BCUT2D eigenvalue weighted by Crippen LogP contribution is 2.26. The number of aliphatic carboxylic acids is 1. The first-order valence-corrected chi connectivity index (χ1v) is 6.63. The van der Waals surface area contributed by atoms with Gasteiger partial charge in [0.05, 0.1) is 17.5 Å². The molecular weight excluding hydrogens is 301 g/mol.